The van der Waals surface area contributed by atoms with E-state index in [0.717, 1.165) is 0 Å². The highest BCUT2D eigenvalue weighted by atomic mass is 16.5. The Morgan fingerprint density at radius 2 is 1.04 bits per heavy atom. The molecule has 0 spiro atoms. The summed E-state index contributed by atoms with van der Waals surface area (Å²) in [6, 6.07) is 7.76. The van der Waals surface area contributed by atoms with Gasteiger partial charge in [-0.2, -0.15) is 21.0 Å². The summed E-state index contributed by atoms with van der Waals surface area (Å²) in [6.45, 7) is 0.0968. The lowest BCUT2D eigenvalue weighted by Crippen LogP contribution is -2.52. The minimum Gasteiger partial charge on any atom is -0.392 e. The third-order valence-electron chi connectivity index (χ3n) is 3.84. The first-order valence-electron chi connectivity index (χ1n) is 8.08. The number of aliphatic hydroxyl groups is 2. The molecule has 0 aliphatic carbocycles. The molecule has 0 amide bonds. The van der Waals surface area contributed by atoms with Crippen LogP contribution in [-0.2, 0) is 9.47 Å². The lowest BCUT2D eigenvalue weighted by molar-refractivity contribution is -0.151. The third-order valence-corrected chi connectivity index (χ3v) is 3.84. The summed E-state index contributed by atoms with van der Waals surface area (Å²) in [6.07, 6.45) is -1.46. The van der Waals surface area contributed by atoms with Crippen LogP contribution in [0.3, 0.4) is 0 Å². The van der Waals surface area contributed by atoms with Crippen molar-refractivity contribution in [3.05, 3.63) is 0 Å². The molecule has 0 radical (unpaired) electrons. The maximum Gasteiger partial charge on any atom is 0.0689 e. The van der Waals surface area contributed by atoms with Crippen LogP contribution in [0.15, 0.2) is 0 Å². The molecule has 0 rings (SSSR count). The number of nitriles is 4. The number of hydrogen-bond acceptors (Lipinski definition) is 8. The molecule has 2 unspecified atom stereocenters. The molecule has 0 aliphatic heterocycles. The smallest absolute Gasteiger partial charge is 0.0689 e. The largest absolute Gasteiger partial charge is 0.392 e. The van der Waals surface area contributed by atoms with Crippen molar-refractivity contribution < 1.29 is 19.7 Å². The van der Waals surface area contributed by atoms with Crippen molar-refractivity contribution in [3.63, 3.8) is 0 Å². The summed E-state index contributed by atoms with van der Waals surface area (Å²) in [5, 5.41) is 55.9. The molecule has 25 heavy (non-hydrogen) atoms. The Morgan fingerprint density at radius 3 is 1.36 bits per heavy atom. The van der Waals surface area contributed by atoms with Gasteiger partial charge in [0, 0.05) is 12.8 Å². The van der Waals surface area contributed by atoms with E-state index in [-0.39, 0.29) is 65.0 Å². The van der Waals surface area contributed by atoms with E-state index in [1.54, 1.807) is 0 Å². The Hall–Kier alpha value is -2.20. The molecule has 0 heterocycles. The molecule has 2 atom stereocenters. The molecule has 136 valence electrons. The van der Waals surface area contributed by atoms with Crippen molar-refractivity contribution in [2.45, 2.75) is 50.7 Å². The third kappa shape index (κ3) is 8.45. The van der Waals surface area contributed by atoms with Gasteiger partial charge in [0.05, 0.1) is 81.2 Å². The topological polar surface area (TPSA) is 154 Å². The second kappa shape index (κ2) is 14.2. The van der Waals surface area contributed by atoms with Gasteiger partial charge in [-0.05, 0) is 12.8 Å². The van der Waals surface area contributed by atoms with Crippen LogP contribution < -0.4 is 0 Å². The number of ether oxygens (including phenoxy) is 2. The van der Waals surface area contributed by atoms with E-state index in [1.807, 2.05) is 24.3 Å². The van der Waals surface area contributed by atoms with Crippen LogP contribution in [0.5, 0.6) is 0 Å². The van der Waals surface area contributed by atoms with Gasteiger partial charge in [-0.1, -0.05) is 0 Å². The fourth-order valence-electron chi connectivity index (χ4n) is 2.39. The van der Waals surface area contributed by atoms with Gasteiger partial charge in [0.25, 0.3) is 0 Å². The fraction of sp³-hybridized carbons (Fsp3) is 0.765. The molecule has 0 bridgehead atoms. The van der Waals surface area contributed by atoms with Crippen molar-refractivity contribution >= 4 is 0 Å². The summed E-state index contributed by atoms with van der Waals surface area (Å²) < 4.78 is 10.9. The van der Waals surface area contributed by atoms with Crippen LogP contribution in [0.4, 0.5) is 0 Å². The highest BCUT2D eigenvalue weighted by molar-refractivity contribution is 4.95. The average molecular weight is 348 g/mol. The number of aliphatic hydroxyl groups excluding tert-OH is 2. The van der Waals surface area contributed by atoms with Crippen molar-refractivity contribution in [3.8, 4) is 24.3 Å². The molecule has 8 heteroatoms. The first-order chi connectivity index (χ1) is 12.1. The Kier molecular flexibility index (Phi) is 12.9. The van der Waals surface area contributed by atoms with E-state index >= 15 is 0 Å². The molecule has 0 saturated carbocycles. The Balaban J connectivity index is 5.27. The van der Waals surface area contributed by atoms with Gasteiger partial charge in [-0.15, -0.1) is 0 Å². The zero-order valence-corrected chi connectivity index (χ0v) is 14.2. The number of hydrogen-bond donors (Lipinski definition) is 2. The van der Waals surface area contributed by atoms with Gasteiger partial charge < -0.3 is 19.7 Å². The van der Waals surface area contributed by atoms with Crippen LogP contribution in [0, 0.1) is 50.7 Å². The Morgan fingerprint density at radius 1 is 0.680 bits per heavy atom. The maximum absolute atomic E-state index is 10.6. The van der Waals surface area contributed by atoms with Gasteiger partial charge in [0.1, 0.15) is 0 Å². The fourth-order valence-corrected chi connectivity index (χ4v) is 2.39. The summed E-state index contributed by atoms with van der Waals surface area (Å²) >= 11 is 0. The lowest BCUT2D eigenvalue weighted by Gasteiger charge is -2.41. The summed E-state index contributed by atoms with van der Waals surface area (Å²) in [5.74, 6) is 0. The van der Waals surface area contributed by atoms with Crippen LogP contribution in [0.25, 0.3) is 0 Å². The number of rotatable bonds is 14. The van der Waals surface area contributed by atoms with Crippen LogP contribution in [0.2, 0.25) is 0 Å². The molecule has 0 aromatic rings. The number of nitrogens with zero attached hydrogens (tertiary/aromatic N) is 4. The average Bonchev–Trinajstić information content (AvgIpc) is 2.62. The minimum atomic E-state index is -1.24. The normalized spacial score (nSPS) is 13.0. The van der Waals surface area contributed by atoms with Gasteiger partial charge in [0.2, 0.25) is 0 Å². The zero-order chi connectivity index (χ0) is 19.0. The summed E-state index contributed by atoms with van der Waals surface area (Å²) in [7, 11) is 0. The molecular weight excluding hydrogens is 324 g/mol. The highest BCUT2D eigenvalue weighted by Gasteiger charge is 2.44. The molecule has 0 fully saturated rings. The molecule has 8 nitrogen and oxygen atoms in total. The first kappa shape index (κ1) is 22.8. The van der Waals surface area contributed by atoms with Gasteiger partial charge >= 0.3 is 0 Å². The van der Waals surface area contributed by atoms with Gasteiger partial charge in [0.15, 0.2) is 0 Å². The molecule has 0 saturated heterocycles. The standard InChI is InChI=1S/C17H24N4O4/c18-7-1-5-15(22)17(13-24-11-3-9-20,14-25-12-4-10-21)16(23)6-2-8-19/h15-16,22-23H,1-6,11-14H2. The van der Waals surface area contributed by atoms with E-state index < -0.39 is 17.6 Å². The van der Waals surface area contributed by atoms with E-state index in [1.165, 1.54) is 0 Å². The minimum absolute atomic E-state index is 0.0829. The van der Waals surface area contributed by atoms with E-state index in [2.05, 4.69) is 0 Å². The van der Waals surface area contributed by atoms with Crippen LogP contribution in [-0.4, -0.2) is 48.8 Å². The first-order valence-corrected chi connectivity index (χ1v) is 8.08. The monoisotopic (exact) mass is 348 g/mol. The molecule has 0 aromatic carbocycles. The maximum atomic E-state index is 10.6. The summed E-state index contributed by atoms with van der Waals surface area (Å²) in [5.41, 5.74) is -1.24. The molecule has 2 N–H and O–H groups in total. The van der Waals surface area contributed by atoms with Crippen molar-refractivity contribution in [2.24, 2.45) is 5.41 Å². The predicted octanol–water partition coefficient (Wildman–Crippen LogP) is 1.16. The Labute approximate surface area is 148 Å². The summed E-state index contributed by atoms with van der Waals surface area (Å²) in [4.78, 5) is 0. The highest BCUT2D eigenvalue weighted by Crippen LogP contribution is 2.33. The quantitative estimate of drug-likeness (QED) is 0.443. The van der Waals surface area contributed by atoms with Crippen molar-refractivity contribution in [1.82, 2.24) is 0 Å². The second-order valence-corrected chi connectivity index (χ2v) is 5.58. The van der Waals surface area contributed by atoms with E-state index in [9.17, 15) is 10.2 Å². The Bertz CT molecular complexity index is 479. The molecule has 0 aromatic heterocycles. The van der Waals surface area contributed by atoms with Crippen LogP contribution >= 0.6 is 0 Å². The van der Waals surface area contributed by atoms with Crippen molar-refractivity contribution in [1.29, 1.82) is 21.0 Å². The van der Waals surface area contributed by atoms with Crippen molar-refractivity contribution in [2.75, 3.05) is 26.4 Å². The van der Waals surface area contributed by atoms with Gasteiger partial charge in [-0.3, -0.25) is 0 Å². The molecule has 0 aliphatic rings. The molecular formula is C17H24N4O4. The second-order valence-electron chi connectivity index (χ2n) is 5.58. The van der Waals surface area contributed by atoms with E-state index in [4.69, 9.17) is 30.5 Å². The van der Waals surface area contributed by atoms with Gasteiger partial charge in [-0.25, -0.2) is 0 Å². The predicted molar refractivity (Wildman–Crippen MR) is 86.2 cm³/mol. The zero-order valence-electron chi connectivity index (χ0n) is 14.2. The van der Waals surface area contributed by atoms with E-state index in [0.29, 0.717) is 0 Å². The lowest BCUT2D eigenvalue weighted by atomic mass is 9.74. The van der Waals surface area contributed by atoms with Crippen LogP contribution in [0.1, 0.15) is 38.5 Å². The SMILES string of the molecule is N#CCCOCC(COCCC#N)(C(O)CCC#N)C(O)CCC#N.